The zero-order chi connectivity index (χ0) is 22.5. The molecular weight excluding hydrogens is 402 g/mol. The van der Waals surface area contributed by atoms with E-state index in [4.69, 9.17) is 9.84 Å². The normalized spacial score (nSPS) is 13.7. The fraction of sp³-hybridized carbons (Fsp3) is 0.111. The number of benzene rings is 3. The van der Waals surface area contributed by atoms with Gasteiger partial charge in [0.15, 0.2) is 6.61 Å². The van der Waals surface area contributed by atoms with Gasteiger partial charge in [-0.15, -0.1) is 0 Å². The highest BCUT2D eigenvalue weighted by atomic mass is 16.5. The highest BCUT2D eigenvalue weighted by molar-refractivity contribution is 6.00. The number of amides is 1. The molecule has 1 heterocycles. The molecule has 1 aliphatic rings. The lowest BCUT2D eigenvalue weighted by atomic mass is 9.87. The Morgan fingerprint density at radius 3 is 2.41 bits per heavy atom. The summed E-state index contributed by atoms with van der Waals surface area (Å²) in [5.74, 6) is -0.498. The number of rotatable bonds is 6. The fourth-order valence-corrected chi connectivity index (χ4v) is 3.84. The van der Waals surface area contributed by atoms with Crippen molar-refractivity contribution in [2.45, 2.75) is 13.3 Å². The predicted molar refractivity (Wildman–Crippen MR) is 126 cm³/mol. The summed E-state index contributed by atoms with van der Waals surface area (Å²) in [5, 5.41) is 11.7. The number of fused-ring (bicyclic) bond motifs is 1. The summed E-state index contributed by atoms with van der Waals surface area (Å²) in [5.41, 5.74) is 6.84. The van der Waals surface area contributed by atoms with Gasteiger partial charge in [-0.2, -0.15) is 0 Å². The van der Waals surface area contributed by atoms with Gasteiger partial charge in [-0.3, -0.25) is 4.79 Å². The summed E-state index contributed by atoms with van der Waals surface area (Å²) in [4.78, 5) is 22.5. The van der Waals surface area contributed by atoms with Crippen molar-refractivity contribution >= 4 is 34.8 Å². The van der Waals surface area contributed by atoms with Gasteiger partial charge in [0.25, 0.3) is 5.91 Å². The molecule has 3 aromatic rings. The van der Waals surface area contributed by atoms with Crippen LogP contribution in [-0.2, 0) is 9.59 Å². The van der Waals surface area contributed by atoms with E-state index in [-0.39, 0.29) is 12.5 Å². The Hall–Kier alpha value is -4.12. The van der Waals surface area contributed by atoms with E-state index in [1.165, 1.54) is 5.57 Å². The molecule has 4 rings (SSSR count). The van der Waals surface area contributed by atoms with Gasteiger partial charge in [0, 0.05) is 6.08 Å². The molecule has 0 radical (unpaired) electrons. The summed E-state index contributed by atoms with van der Waals surface area (Å²) < 4.78 is 5.66. The number of nitrogens with one attached hydrogen (secondary N) is 1. The molecule has 0 saturated carbocycles. The number of hydrogen-bond donors (Lipinski definition) is 2. The maximum atomic E-state index is 11.6. The molecule has 0 saturated heterocycles. The first-order valence-corrected chi connectivity index (χ1v) is 10.4. The standard InChI is InChI=1S/C27H23NO4/c1-2-22(19-6-4-3-5-7-19)27(20-11-8-18(9-12-20)10-15-26(30)31)21-13-14-23-24(16-21)32-17-25(29)28-23/h3-16H,2,17H2,1H3,(H,28,29)(H,30,31). The lowest BCUT2D eigenvalue weighted by molar-refractivity contribution is -0.131. The Bertz CT molecular complexity index is 1210. The summed E-state index contributed by atoms with van der Waals surface area (Å²) in [7, 11) is 0. The number of carbonyl (C=O) groups excluding carboxylic acids is 1. The van der Waals surface area contributed by atoms with Gasteiger partial charge in [-0.1, -0.05) is 67.6 Å². The fourth-order valence-electron chi connectivity index (χ4n) is 3.84. The number of hydrogen-bond acceptors (Lipinski definition) is 3. The molecule has 0 fully saturated rings. The zero-order valence-electron chi connectivity index (χ0n) is 17.7. The number of aliphatic carboxylic acids is 1. The SMILES string of the molecule is CCC(=C(c1ccc(C=CC(=O)O)cc1)c1ccc2c(c1)OCC(=O)N2)c1ccccc1. The molecule has 160 valence electrons. The molecule has 0 aromatic heterocycles. The van der Waals surface area contributed by atoms with Crippen LogP contribution >= 0.6 is 0 Å². The molecule has 32 heavy (non-hydrogen) atoms. The van der Waals surface area contributed by atoms with Crippen molar-refractivity contribution < 1.29 is 19.4 Å². The van der Waals surface area contributed by atoms with Crippen molar-refractivity contribution in [1.29, 1.82) is 0 Å². The minimum absolute atomic E-state index is 0.000565. The molecule has 1 aliphatic heterocycles. The Morgan fingerprint density at radius 1 is 1.00 bits per heavy atom. The van der Waals surface area contributed by atoms with Gasteiger partial charge in [0.05, 0.1) is 5.69 Å². The summed E-state index contributed by atoms with van der Waals surface area (Å²) >= 11 is 0. The third-order valence-corrected chi connectivity index (χ3v) is 5.30. The van der Waals surface area contributed by atoms with E-state index in [0.717, 1.165) is 40.3 Å². The lowest BCUT2D eigenvalue weighted by Crippen LogP contribution is -2.25. The van der Waals surface area contributed by atoms with Crippen LogP contribution in [0.2, 0.25) is 0 Å². The zero-order valence-corrected chi connectivity index (χ0v) is 17.7. The molecule has 5 nitrogen and oxygen atoms in total. The second-order valence-electron chi connectivity index (χ2n) is 7.41. The van der Waals surface area contributed by atoms with Gasteiger partial charge in [-0.25, -0.2) is 4.79 Å². The third-order valence-electron chi connectivity index (χ3n) is 5.30. The molecule has 0 atom stereocenters. The number of ether oxygens (including phenoxy) is 1. The van der Waals surface area contributed by atoms with Crippen LogP contribution in [-0.4, -0.2) is 23.6 Å². The first-order valence-electron chi connectivity index (χ1n) is 10.4. The summed E-state index contributed by atoms with van der Waals surface area (Å²) in [6, 6.07) is 23.8. The van der Waals surface area contributed by atoms with E-state index < -0.39 is 5.97 Å². The van der Waals surface area contributed by atoms with Crippen LogP contribution in [0.15, 0.2) is 78.9 Å². The van der Waals surface area contributed by atoms with E-state index >= 15 is 0 Å². The molecule has 2 N–H and O–H groups in total. The van der Waals surface area contributed by atoms with Crippen LogP contribution in [0.1, 0.15) is 35.6 Å². The minimum Gasteiger partial charge on any atom is -0.482 e. The maximum Gasteiger partial charge on any atom is 0.328 e. The minimum atomic E-state index is -0.979. The summed E-state index contributed by atoms with van der Waals surface area (Å²) in [6.07, 6.45) is 3.51. The topological polar surface area (TPSA) is 75.6 Å². The van der Waals surface area contributed by atoms with Crippen LogP contribution in [0, 0.1) is 0 Å². The van der Waals surface area contributed by atoms with Crippen LogP contribution in [0.4, 0.5) is 5.69 Å². The highest BCUT2D eigenvalue weighted by Crippen LogP contribution is 2.38. The molecule has 0 unspecified atom stereocenters. The van der Waals surface area contributed by atoms with Crippen molar-refractivity contribution in [2.24, 2.45) is 0 Å². The number of carboxylic acid groups (broad SMARTS) is 1. The van der Waals surface area contributed by atoms with Crippen LogP contribution in [0.25, 0.3) is 17.2 Å². The van der Waals surface area contributed by atoms with Gasteiger partial charge in [0.2, 0.25) is 0 Å². The van der Waals surface area contributed by atoms with E-state index in [9.17, 15) is 9.59 Å². The van der Waals surface area contributed by atoms with E-state index in [1.807, 2.05) is 60.7 Å². The smallest absolute Gasteiger partial charge is 0.328 e. The Kier molecular flexibility index (Phi) is 6.17. The number of allylic oxidation sites excluding steroid dienone is 1. The van der Waals surface area contributed by atoms with Crippen molar-refractivity contribution in [3.63, 3.8) is 0 Å². The Labute approximate surface area is 186 Å². The number of carbonyl (C=O) groups is 2. The van der Waals surface area contributed by atoms with Gasteiger partial charge in [0.1, 0.15) is 5.75 Å². The first-order chi connectivity index (χ1) is 15.5. The molecule has 1 amide bonds. The van der Waals surface area contributed by atoms with Crippen LogP contribution in [0.5, 0.6) is 5.75 Å². The lowest BCUT2D eigenvalue weighted by Gasteiger charge is -2.21. The molecule has 0 aliphatic carbocycles. The third kappa shape index (κ3) is 4.62. The molecule has 0 bridgehead atoms. The molecule has 3 aromatic carbocycles. The van der Waals surface area contributed by atoms with Crippen molar-refractivity contribution in [1.82, 2.24) is 0 Å². The van der Waals surface area contributed by atoms with E-state index in [1.54, 1.807) is 6.08 Å². The average molecular weight is 425 g/mol. The summed E-state index contributed by atoms with van der Waals surface area (Å²) in [6.45, 7) is 2.13. The van der Waals surface area contributed by atoms with Crippen LogP contribution in [0.3, 0.4) is 0 Å². The van der Waals surface area contributed by atoms with Crippen molar-refractivity contribution in [2.75, 3.05) is 11.9 Å². The predicted octanol–water partition coefficient (Wildman–Crippen LogP) is 5.48. The van der Waals surface area contributed by atoms with Gasteiger partial charge < -0.3 is 15.2 Å². The van der Waals surface area contributed by atoms with E-state index in [0.29, 0.717) is 11.4 Å². The Balaban J connectivity index is 1.86. The first kappa shape index (κ1) is 21.1. The number of carboxylic acids is 1. The number of anilines is 1. The average Bonchev–Trinajstić information content (AvgIpc) is 2.82. The maximum absolute atomic E-state index is 11.6. The monoisotopic (exact) mass is 425 g/mol. The molecule has 0 spiro atoms. The second kappa shape index (κ2) is 9.35. The van der Waals surface area contributed by atoms with Gasteiger partial charge >= 0.3 is 5.97 Å². The van der Waals surface area contributed by atoms with Crippen molar-refractivity contribution in [3.8, 4) is 5.75 Å². The largest absolute Gasteiger partial charge is 0.482 e. The Morgan fingerprint density at radius 2 is 1.72 bits per heavy atom. The quantitative estimate of drug-likeness (QED) is 0.405. The van der Waals surface area contributed by atoms with Crippen molar-refractivity contribution in [3.05, 3.63) is 101 Å². The van der Waals surface area contributed by atoms with Crippen LogP contribution < -0.4 is 10.1 Å². The second-order valence-corrected chi connectivity index (χ2v) is 7.41. The molecule has 5 heteroatoms. The van der Waals surface area contributed by atoms with Gasteiger partial charge in [-0.05, 0) is 58.0 Å². The highest BCUT2D eigenvalue weighted by Gasteiger charge is 2.19. The molecular formula is C27H23NO4. The van der Waals surface area contributed by atoms with E-state index in [2.05, 4.69) is 24.4 Å².